The van der Waals surface area contributed by atoms with Crippen LogP contribution < -0.4 is 0 Å². The highest BCUT2D eigenvalue weighted by molar-refractivity contribution is 5.74. The van der Waals surface area contributed by atoms with Crippen molar-refractivity contribution in [2.45, 2.75) is 45.6 Å². The number of fused-ring (bicyclic) bond motifs is 1. The fraction of sp³-hybridized carbons (Fsp3) is 0.588. The number of H-pyrrole nitrogens is 1. The summed E-state index contributed by atoms with van der Waals surface area (Å²) in [6.07, 6.45) is 5.40. The van der Waals surface area contributed by atoms with Crippen molar-refractivity contribution in [2.24, 2.45) is 5.92 Å². The third kappa shape index (κ3) is 2.73. The zero-order valence-corrected chi connectivity index (χ0v) is 12.6. The van der Waals surface area contributed by atoms with Crippen molar-refractivity contribution in [3.05, 3.63) is 30.1 Å². The van der Waals surface area contributed by atoms with Crippen LogP contribution in [0.5, 0.6) is 0 Å². The molecule has 1 unspecified atom stereocenters. The van der Waals surface area contributed by atoms with Gasteiger partial charge in [-0.25, -0.2) is 4.98 Å². The Labute approximate surface area is 121 Å². The van der Waals surface area contributed by atoms with Crippen molar-refractivity contribution in [3.63, 3.8) is 0 Å². The van der Waals surface area contributed by atoms with Gasteiger partial charge in [0.1, 0.15) is 5.82 Å². The monoisotopic (exact) mass is 271 g/mol. The van der Waals surface area contributed by atoms with Gasteiger partial charge in [-0.3, -0.25) is 4.90 Å². The smallest absolute Gasteiger partial charge is 0.124 e. The van der Waals surface area contributed by atoms with Crippen LogP contribution in [0.2, 0.25) is 0 Å². The summed E-state index contributed by atoms with van der Waals surface area (Å²) in [5.74, 6) is 1.72. The lowest BCUT2D eigenvalue weighted by Gasteiger charge is -2.32. The van der Waals surface area contributed by atoms with Gasteiger partial charge in [0.05, 0.1) is 17.1 Å². The number of rotatable bonds is 3. The fourth-order valence-corrected chi connectivity index (χ4v) is 3.40. The first-order valence-corrected chi connectivity index (χ1v) is 7.94. The molecule has 1 aromatic heterocycles. The highest BCUT2D eigenvalue weighted by Crippen LogP contribution is 2.30. The van der Waals surface area contributed by atoms with E-state index in [1.165, 1.54) is 38.8 Å². The van der Waals surface area contributed by atoms with Gasteiger partial charge < -0.3 is 4.98 Å². The summed E-state index contributed by atoms with van der Waals surface area (Å²) in [6, 6.07) is 8.76. The lowest BCUT2D eigenvalue weighted by Crippen LogP contribution is -2.33. The minimum atomic E-state index is 0.417. The molecule has 20 heavy (non-hydrogen) atoms. The molecular weight excluding hydrogens is 246 g/mol. The molecule has 0 spiro atoms. The Balaban J connectivity index is 1.92. The third-order valence-corrected chi connectivity index (χ3v) is 4.35. The summed E-state index contributed by atoms with van der Waals surface area (Å²) in [6.45, 7) is 7.03. The molecule has 1 saturated heterocycles. The molecule has 3 heteroatoms. The molecule has 0 aliphatic carbocycles. The van der Waals surface area contributed by atoms with Gasteiger partial charge in [-0.2, -0.15) is 0 Å². The van der Waals surface area contributed by atoms with E-state index in [-0.39, 0.29) is 0 Å². The van der Waals surface area contributed by atoms with Crippen LogP contribution in [0.15, 0.2) is 24.3 Å². The van der Waals surface area contributed by atoms with Crippen molar-refractivity contribution >= 4 is 11.0 Å². The zero-order chi connectivity index (χ0) is 13.9. The molecule has 0 radical (unpaired) electrons. The van der Waals surface area contributed by atoms with E-state index in [9.17, 15) is 0 Å². The topological polar surface area (TPSA) is 31.9 Å². The highest BCUT2D eigenvalue weighted by atomic mass is 15.2. The zero-order valence-electron chi connectivity index (χ0n) is 12.6. The first kappa shape index (κ1) is 13.6. The van der Waals surface area contributed by atoms with Crippen molar-refractivity contribution < 1.29 is 0 Å². The maximum atomic E-state index is 4.84. The van der Waals surface area contributed by atoms with Crippen LogP contribution in [0.4, 0.5) is 0 Å². The summed E-state index contributed by atoms with van der Waals surface area (Å²) >= 11 is 0. The van der Waals surface area contributed by atoms with Gasteiger partial charge >= 0.3 is 0 Å². The van der Waals surface area contributed by atoms with Gasteiger partial charge in [-0.1, -0.05) is 38.8 Å². The lowest BCUT2D eigenvalue weighted by atomic mass is 10.0. The molecule has 0 saturated carbocycles. The van der Waals surface area contributed by atoms with Crippen LogP contribution in [0.25, 0.3) is 11.0 Å². The first-order chi connectivity index (χ1) is 9.75. The molecule has 3 rings (SSSR count). The summed E-state index contributed by atoms with van der Waals surface area (Å²) in [5, 5.41) is 0. The molecule has 1 aromatic carbocycles. The average Bonchev–Trinajstić information content (AvgIpc) is 2.66. The Morgan fingerprint density at radius 2 is 1.75 bits per heavy atom. The molecule has 108 valence electrons. The molecule has 2 heterocycles. The Morgan fingerprint density at radius 1 is 1.05 bits per heavy atom. The summed E-state index contributed by atoms with van der Waals surface area (Å²) < 4.78 is 0. The molecule has 2 aromatic rings. The maximum absolute atomic E-state index is 4.84. The molecule has 1 atom stereocenters. The van der Waals surface area contributed by atoms with Gasteiger partial charge in [-0.05, 0) is 44.0 Å². The molecule has 1 aliphatic heterocycles. The van der Waals surface area contributed by atoms with Crippen molar-refractivity contribution in [1.29, 1.82) is 0 Å². The first-order valence-electron chi connectivity index (χ1n) is 7.94. The number of hydrogen-bond donors (Lipinski definition) is 1. The number of imidazole rings is 1. The molecule has 1 aliphatic rings. The predicted octanol–water partition coefficient (Wildman–Crippen LogP) is 4.14. The number of nitrogens with zero attached hydrogens (tertiary/aromatic N) is 2. The number of nitrogens with one attached hydrogen (secondary N) is 1. The highest BCUT2D eigenvalue weighted by Gasteiger charge is 2.26. The van der Waals surface area contributed by atoms with Crippen LogP contribution in [-0.2, 0) is 0 Å². The molecule has 1 N–H and O–H groups in total. The summed E-state index contributed by atoms with van der Waals surface area (Å²) in [5.41, 5.74) is 2.24. The van der Waals surface area contributed by atoms with Gasteiger partial charge in [0.15, 0.2) is 0 Å². The van der Waals surface area contributed by atoms with Crippen LogP contribution in [0, 0.1) is 5.92 Å². The van der Waals surface area contributed by atoms with E-state index >= 15 is 0 Å². The molecule has 0 bridgehead atoms. The predicted molar refractivity (Wildman–Crippen MR) is 83.7 cm³/mol. The minimum absolute atomic E-state index is 0.417. The summed E-state index contributed by atoms with van der Waals surface area (Å²) in [7, 11) is 0. The second-order valence-electron chi connectivity index (χ2n) is 6.28. The maximum Gasteiger partial charge on any atom is 0.124 e. The normalized spacial score (nSPS) is 19.4. The molecule has 0 amide bonds. The van der Waals surface area contributed by atoms with Crippen LogP contribution in [0.1, 0.15) is 51.4 Å². The Kier molecular flexibility index (Phi) is 4.06. The SMILES string of the molecule is CC(C)C(c1nc2ccccc2[nH]1)N1CCCCCC1. The van der Waals surface area contributed by atoms with Crippen molar-refractivity contribution in [1.82, 2.24) is 14.9 Å². The molecular formula is C17H25N3. The second-order valence-corrected chi connectivity index (χ2v) is 6.28. The Hall–Kier alpha value is -1.35. The minimum Gasteiger partial charge on any atom is -0.341 e. The van der Waals surface area contributed by atoms with E-state index in [0.717, 1.165) is 16.9 Å². The number of likely N-dealkylation sites (tertiary alicyclic amines) is 1. The van der Waals surface area contributed by atoms with Gasteiger partial charge in [0.2, 0.25) is 0 Å². The average molecular weight is 271 g/mol. The van der Waals surface area contributed by atoms with Crippen LogP contribution >= 0.6 is 0 Å². The number of para-hydroxylation sites is 2. The Bertz CT molecular complexity index is 517. The third-order valence-electron chi connectivity index (χ3n) is 4.35. The fourth-order valence-electron chi connectivity index (χ4n) is 3.40. The summed E-state index contributed by atoms with van der Waals surface area (Å²) in [4.78, 5) is 11.0. The standard InChI is InChI=1S/C17H25N3/c1-13(2)16(20-11-7-3-4-8-12-20)17-18-14-9-5-6-10-15(14)19-17/h5-6,9-10,13,16H,3-4,7-8,11-12H2,1-2H3,(H,18,19). The van der Waals surface area contributed by atoms with Gasteiger partial charge in [-0.15, -0.1) is 0 Å². The number of aromatic amines is 1. The van der Waals surface area contributed by atoms with Gasteiger partial charge in [0.25, 0.3) is 0 Å². The van der Waals surface area contributed by atoms with E-state index < -0.39 is 0 Å². The van der Waals surface area contributed by atoms with E-state index in [4.69, 9.17) is 4.98 Å². The largest absolute Gasteiger partial charge is 0.341 e. The number of aromatic nitrogens is 2. The van der Waals surface area contributed by atoms with E-state index in [1.807, 2.05) is 0 Å². The lowest BCUT2D eigenvalue weighted by molar-refractivity contribution is 0.154. The molecule has 3 nitrogen and oxygen atoms in total. The van der Waals surface area contributed by atoms with Crippen molar-refractivity contribution in [3.8, 4) is 0 Å². The number of benzene rings is 1. The van der Waals surface area contributed by atoms with E-state index in [0.29, 0.717) is 12.0 Å². The van der Waals surface area contributed by atoms with E-state index in [2.05, 4.69) is 48.0 Å². The molecule has 1 fully saturated rings. The second kappa shape index (κ2) is 5.96. The quantitative estimate of drug-likeness (QED) is 0.910. The van der Waals surface area contributed by atoms with Crippen LogP contribution in [-0.4, -0.2) is 28.0 Å². The number of hydrogen-bond acceptors (Lipinski definition) is 2. The van der Waals surface area contributed by atoms with Gasteiger partial charge in [0, 0.05) is 0 Å². The van der Waals surface area contributed by atoms with E-state index in [1.54, 1.807) is 0 Å². The van der Waals surface area contributed by atoms with Crippen molar-refractivity contribution in [2.75, 3.05) is 13.1 Å². The Morgan fingerprint density at radius 3 is 2.40 bits per heavy atom. The van der Waals surface area contributed by atoms with Crippen LogP contribution in [0.3, 0.4) is 0 Å².